The van der Waals surface area contributed by atoms with E-state index in [1.807, 2.05) is 18.2 Å². The van der Waals surface area contributed by atoms with Crippen molar-refractivity contribution in [3.05, 3.63) is 29.8 Å². The predicted molar refractivity (Wildman–Crippen MR) is 68.6 cm³/mol. The SMILES string of the molecule is CC(=O)c1cccc(N2CCC3(CNC3)C2)c1. The Labute approximate surface area is 102 Å². The molecule has 1 aromatic carbocycles. The lowest BCUT2D eigenvalue weighted by Crippen LogP contribution is -2.54. The Morgan fingerprint density at radius 3 is 2.82 bits per heavy atom. The van der Waals surface area contributed by atoms with Crippen LogP contribution < -0.4 is 10.2 Å². The highest BCUT2D eigenvalue weighted by Crippen LogP contribution is 2.36. The molecule has 0 unspecified atom stereocenters. The molecule has 0 radical (unpaired) electrons. The van der Waals surface area contributed by atoms with Crippen molar-refractivity contribution in [2.75, 3.05) is 31.1 Å². The molecule has 3 rings (SSSR count). The van der Waals surface area contributed by atoms with Gasteiger partial charge in [-0.15, -0.1) is 0 Å². The molecule has 1 spiro atoms. The van der Waals surface area contributed by atoms with E-state index in [0.717, 1.165) is 31.7 Å². The summed E-state index contributed by atoms with van der Waals surface area (Å²) in [6, 6.07) is 8.00. The molecule has 17 heavy (non-hydrogen) atoms. The highest BCUT2D eigenvalue weighted by molar-refractivity contribution is 5.95. The van der Waals surface area contributed by atoms with Gasteiger partial charge >= 0.3 is 0 Å². The zero-order chi connectivity index (χ0) is 11.9. The molecule has 0 amide bonds. The third-order valence-corrected chi connectivity index (χ3v) is 4.06. The predicted octanol–water partition coefficient (Wildman–Crippen LogP) is 1.69. The molecule has 2 heterocycles. The number of nitrogens with one attached hydrogen (secondary N) is 1. The lowest BCUT2D eigenvalue weighted by atomic mass is 9.81. The van der Waals surface area contributed by atoms with E-state index >= 15 is 0 Å². The second kappa shape index (κ2) is 3.84. The van der Waals surface area contributed by atoms with Crippen LogP contribution in [-0.4, -0.2) is 32.0 Å². The third-order valence-electron chi connectivity index (χ3n) is 4.06. The van der Waals surface area contributed by atoms with Crippen LogP contribution in [0.1, 0.15) is 23.7 Å². The van der Waals surface area contributed by atoms with Crippen LogP contribution in [0.5, 0.6) is 0 Å². The maximum absolute atomic E-state index is 11.4. The fraction of sp³-hybridized carbons (Fsp3) is 0.500. The van der Waals surface area contributed by atoms with Crippen molar-refractivity contribution in [2.24, 2.45) is 5.41 Å². The molecule has 0 saturated carbocycles. The van der Waals surface area contributed by atoms with Gasteiger partial charge in [-0.3, -0.25) is 4.79 Å². The van der Waals surface area contributed by atoms with E-state index in [1.165, 1.54) is 12.1 Å². The van der Waals surface area contributed by atoms with Gasteiger partial charge in [0.1, 0.15) is 0 Å². The number of benzene rings is 1. The molecule has 0 bridgehead atoms. The molecule has 2 aliphatic heterocycles. The second-order valence-electron chi connectivity index (χ2n) is 5.38. The Morgan fingerprint density at radius 1 is 1.41 bits per heavy atom. The first kappa shape index (κ1) is 10.8. The first-order chi connectivity index (χ1) is 8.19. The average molecular weight is 230 g/mol. The average Bonchev–Trinajstić information content (AvgIpc) is 2.74. The van der Waals surface area contributed by atoms with E-state index in [0.29, 0.717) is 5.41 Å². The van der Waals surface area contributed by atoms with Crippen molar-refractivity contribution in [2.45, 2.75) is 13.3 Å². The Bertz CT molecular complexity index is 451. The van der Waals surface area contributed by atoms with Gasteiger partial charge in [0.05, 0.1) is 0 Å². The minimum absolute atomic E-state index is 0.145. The van der Waals surface area contributed by atoms with Gasteiger partial charge in [-0.25, -0.2) is 0 Å². The van der Waals surface area contributed by atoms with Crippen LogP contribution >= 0.6 is 0 Å². The lowest BCUT2D eigenvalue weighted by molar-refractivity contribution is 0.101. The van der Waals surface area contributed by atoms with E-state index in [4.69, 9.17) is 0 Å². The monoisotopic (exact) mass is 230 g/mol. The molecule has 1 N–H and O–H groups in total. The Hall–Kier alpha value is -1.35. The van der Waals surface area contributed by atoms with Gasteiger partial charge in [-0.1, -0.05) is 12.1 Å². The van der Waals surface area contributed by atoms with Crippen molar-refractivity contribution in [3.8, 4) is 0 Å². The third kappa shape index (κ3) is 1.84. The van der Waals surface area contributed by atoms with Crippen LogP contribution in [0.4, 0.5) is 5.69 Å². The van der Waals surface area contributed by atoms with Gasteiger partial charge in [0.25, 0.3) is 0 Å². The molecule has 0 atom stereocenters. The molecule has 0 aromatic heterocycles. The lowest BCUT2D eigenvalue weighted by Gasteiger charge is -2.39. The van der Waals surface area contributed by atoms with Crippen LogP contribution in [0, 0.1) is 5.41 Å². The number of carbonyl (C=O) groups excluding carboxylic acids is 1. The van der Waals surface area contributed by atoms with Crippen LogP contribution in [0.15, 0.2) is 24.3 Å². The Balaban J connectivity index is 1.80. The molecule has 2 fully saturated rings. The first-order valence-electron chi connectivity index (χ1n) is 6.25. The van der Waals surface area contributed by atoms with Crippen molar-refractivity contribution < 1.29 is 4.79 Å². The van der Waals surface area contributed by atoms with Crippen LogP contribution in [-0.2, 0) is 0 Å². The summed E-state index contributed by atoms with van der Waals surface area (Å²) in [4.78, 5) is 13.8. The number of anilines is 1. The molecular formula is C14H18N2O. The quantitative estimate of drug-likeness (QED) is 0.785. The van der Waals surface area contributed by atoms with E-state index in [2.05, 4.69) is 16.3 Å². The molecule has 90 valence electrons. The molecule has 2 aliphatic rings. The van der Waals surface area contributed by atoms with Gasteiger partial charge in [0.2, 0.25) is 0 Å². The van der Waals surface area contributed by atoms with Gasteiger partial charge in [0.15, 0.2) is 5.78 Å². The van der Waals surface area contributed by atoms with E-state index in [9.17, 15) is 4.79 Å². The van der Waals surface area contributed by atoms with Crippen molar-refractivity contribution in [1.29, 1.82) is 0 Å². The molecule has 1 aromatic rings. The largest absolute Gasteiger partial charge is 0.371 e. The first-order valence-corrected chi connectivity index (χ1v) is 6.25. The maximum Gasteiger partial charge on any atom is 0.159 e. The number of hydrogen-bond acceptors (Lipinski definition) is 3. The highest BCUT2D eigenvalue weighted by Gasteiger charge is 2.42. The smallest absolute Gasteiger partial charge is 0.159 e. The van der Waals surface area contributed by atoms with E-state index < -0.39 is 0 Å². The number of Topliss-reactive ketones (excluding diaryl/α,β-unsaturated/α-hetero) is 1. The fourth-order valence-corrected chi connectivity index (χ4v) is 2.84. The fourth-order valence-electron chi connectivity index (χ4n) is 2.84. The summed E-state index contributed by atoms with van der Waals surface area (Å²) in [5.41, 5.74) is 2.52. The Kier molecular flexibility index (Phi) is 2.44. The van der Waals surface area contributed by atoms with Crippen molar-refractivity contribution in [1.82, 2.24) is 5.32 Å². The molecule has 3 heteroatoms. The number of ketones is 1. The summed E-state index contributed by atoms with van der Waals surface area (Å²) in [5, 5.41) is 3.36. The molecule has 2 saturated heterocycles. The van der Waals surface area contributed by atoms with Crippen LogP contribution in [0.2, 0.25) is 0 Å². The number of hydrogen-bond donors (Lipinski definition) is 1. The van der Waals surface area contributed by atoms with E-state index in [-0.39, 0.29) is 5.78 Å². The standard InChI is InChI=1S/C14H18N2O/c1-11(17)12-3-2-4-13(7-12)16-6-5-14(10-16)8-15-9-14/h2-4,7,15H,5-6,8-10H2,1H3. The van der Waals surface area contributed by atoms with Gasteiger partial charge in [0, 0.05) is 42.8 Å². The zero-order valence-corrected chi connectivity index (χ0v) is 10.2. The summed E-state index contributed by atoms with van der Waals surface area (Å²) in [6.45, 7) is 6.16. The zero-order valence-electron chi connectivity index (χ0n) is 10.2. The van der Waals surface area contributed by atoms with Crippen LogP contribution in [0.3, 0.4) is 0 Å². The summed E-state index contributed by atoms with van der Waals surface area (Å²) in [7, 11) is 0. The van der Waals surface area contributed by atoms with E-state index in [1.54, 1.807) is 6.92 Å². The Morgan fingerprint density at radius 2 is 2.24 bits per heavy atom. The minimum Gasteiger partial charge on any atom is -0.371 e. The topological polar surface area (TPSA) is 32.3 Å². The maximum atomic E-state index is 11.4. The second-order valence-corrected chi connectivity index (χ2v) is 5.38. The molecule has 3 nitrogen and oxygen atoms in total. The highest BCUT2D eigenvalue weighted by atomic mass is 16.1. The van der Waals surface area contributed by atoms with Crippen LogP contribution in [0.25, 0.3) is 0 Å². The molecular weight excluding hydrogens is 212 g/mol. The summed E-state index contributed by atoms with van der Waals surface area (Å²) < 4.78 is 0. The minimum atomic E-state index is 0.145. The number of carbonyl (C=O) groups is 1. The van der Waals surface area contributed by atoms with Gasteiger partial charge in [-0.2, -0.15) is 0 Å². The van der Waals surface area contributed by atoms with Crippen molar-refractivity contribution >= 4 is 11.5 Å². The van der Waals surface area contributed by atoms with Gasteiger partial charge in [-0.05, 0) is 25.5 Å². The summed E-state index contributed by atoms with van der Waals surface area (Å²) in [5.74, 6) is 0.145. The molecule has 0 aliphatic carbocycles. The van der Waals surface area contributed by atoms with Gasteiger partial charge < -0.3 is 10.2 Å². The number of rotatable bonds is 2. The summed E-state index contributed by atoms with van der Waals surface area (Å²) >= 11 is 0. The number of nitrogens with zero attached hydrogens (tertiary/aromatic N) is 1. The normalized spacial score (nSPS) is 21.6. The van der Waals surface area contributed by atoms with Crippen molar-refractivity contribution in [3.63, 3.8) is 0 Å². The summed E-state index contributed by atoms with van der Waals surface area (Å²) in [6.07, 6.45) is 1.27.